The van der Waals surface area contributed by atoms with E-state index in [1.807, 2.05) is 6.20 Å². The maximum Gasteiger partial charge on any atom is 0.130 e. The molecule has 2 aromatic heterocycles. The number of likely N-dealkylation sites (tertiary alicyclic amines) is 1. The molecule has 0 aliphatic carbocycles. The van der Waals surface area contributed by atoms with Gasteiger partial charge in [-0.3, -0.25) is 4.90 Å². The second kappa shape index (κ2) is 5.54. The smallest absolute Gasteiger partial charge is 0.130 e. The van der Waals surface area contributed by atoms with Crippen LogP contribution in [0.4, 0.5) is 0 Å². The minimum atomic E-state index is 0.430. The lowest BCUT2D eigenvalue weighted by Gasteiger charge is -2.37. The third kappa shape index (κ3) is 2.23. The Hall–Kier alpha value is -1.39. The Morgan fingerprint density at radius 3 is 3.00 bits per heavy atom. The van der Waals surface area contributed by atoms with Crippen molar-refractivity contribution in [1.29, 1.82) is 0 Å². The van der Waals surface area contributed by atoms with Crippen LogP contribution >= 0.6 is 0 Å². The van der Waals surface area contributed by atoms with Crippen LogP contribution in [-0.2, 0) is 6.54 Å². The first-order valence-corrected chi connectivity index (χ1v) is 7.63. The number of piperidine rings is 1. The highest BCUT2D eigenvalue weighted by atomic mass is 15.2. The lowest BCUT2D eigenvalue weighted by atomic mass is 10.00. The summed E-state index contributed by atoms with van der Waals surface area (Å²) < 4.78 is 2.23. The van der Waals surface area contributed by atoms with Gasteiger partial charge in [-0.1, -0.05) is 12.5 Å². The predicted octanol–water partition coefficient (Wildman–Crippen LogP) is 2.73. The summed E-state index contributed by atoms with van der Waals surface area (Å²) in [4.78, 5) is 7.30. The minimum Gasteiger partial charge on any atom is -0.326 e. The van der Waals surface area contributed by atoms with E-state index >= 15 is 0 Å². The Bertz CT molecular complexity index is 587. The fourth-order valence-electron chi connectivity index (χ4n) is 3.37. The normalized spacial score (nSPS) is 20.9. The maximum absolute atomic E-state index is 5.83. The third-order valence-electron chi connectivity index (χ3n) is 4.41. The van der Waals surface area contributed by atoms with Crippen LogP contribution in [0.2, 0.25) is 0 Å². The van der Waals surface area contributed by atoms with E-state index in [4.69, 9.17) is 10.7 Å². The van der Waals surface area contributed by atoms with E-state index < -0.39 is 0 Å². The van der Waals surface area contributed by atoms with E-state index in [1.165, 1.54) is 31.6 Å². The van der Waals surface area contributed by atoms with Crippen molar-refractivity contribution in [2.45, 2.75) is 51.7 Å². The summed E-state index contributed by atoms with van der Waals surface area (Å²) in [5, 5.41) is 0. The van der Waals surface area contributed by atoms with Crippen LogP contribution in [0.25, 0.3) is 5.52 Å². The Balaban J connectivity index is 2.04. The van der Waals surface area contributed by atoms with E-state index in [2.05, 4.69) is 41.5 Å². The second-order valence-corrected chi connectivity index (χ2v) is 5.95. The largest absolute Gasteiger partial charge is 0.326 e. The fourth-order valence-corrected chi connectivity index (χ4v) is 3.37. The van der Waals surface area contributed by atoms with Crippen molar-refractivity contribution in [3.63, 3.8) is 0 Å². The lowest BCUT2D eigenvalue weighted by Crippen LogP contribution is -2.39. The zero-order valence-corrected chi connectivity index (χ0v) is 12.4. The highest BCUT2D eigenvalue weighted by molar-refractivity contribution is 5.54. The number of aromatic nitrogens is 2. The number of nitrogens with zero attached hydrogens (tertiary/aromatic N) is 3. The molecule has 0 aromatic carbocycles. The van der Waals surface area contributed by atoms with Gasteiger partial charge in [0.1, 0.15) is 5.82 Å². The molecule has 0 spiro atoms. The topological polar surface area (TPSA) is 46.6 Å². The van der Waals surface area contributed by atoms with E-state index in [9.17, 15) is 0 Å². The molecule has 0 bridgehead atoms. The Kier molecular flexibility index (Phi) is 3.76. The van der Waals surface area contributed by atoms with Crippen molar-refractivity contribution in [2.75, 3.05) is 6.54 Å². The molecule has 20 heavy (non-hydrogen) atoms. The van der Waals surface area contributed by atoms with Gasteiger partial charge in [0.2, 0.25) is 0 Å². The zero-order valence-electron chi connectivity index (χ0n) is 12.4. The molecule has 1 fully saturated rings. The van der Waals surface area contributed by atoms with Gasteiger partial charge in [0.15, 0.2) is 0 Å². The van der Waals surface area contributed by atoms with Crippen LogP contribution in [0.3, 0.4) is 0 Å². The molecule has 1 atom stereocenters. The van der Waals surface area contributed by atoms with Gasteiger partial charge in [0.25, 0.3) is 0 Å². The van der Waals surface area contributed by atoms with Crippen molar-refractivity contribution in [2.24, 2.45) is 5.73 Å². The molecule has 4 heteroatoms. The molecule has 2 aromatic rings. The van der Waals surface area contributed by atoms with Gasteiger partial charge in [-0.05, 0) is 44.9 Å². The molecule has 4 nitrogen and oxygen atoms in total. The summed E-state index contributed by atoms with van der Waals surface area (Å²) in [6.45, 7) is 6.29. The Morgan fingerprint density at radius 2 is 2.25 bits per heavy atom. The van der Waals surface area contributed by atoms with Crippen LogP contribution in [0.5, 0.6) is 0 Å². The quantitative estimate of drug-likeness (QED) is 0.934. The molecule has 3 rings (SSSR count). The van der Waals surface area contributed by atoms with Crippen LogP contribution in [0.15, 0.2) is 24.5 Å². The number of rotatable bonds is 3. The molecule has 1 unspecified atom stereocenters. The zero-order chi connectivity index (χ0) is 14.1. The van der Waals surface area contributed by atoms with Crippen LogP contribution < -0.4 is 5.73 Å². The molecule has 108 valence electrons. The van der Waals surface area contributed by atoms with E-state index in [-0.39, 0.29) is 0 Å². The van der Waals surface area contributed by atoms with Gasteiger partial charge in [-0.25, -0.2) is 4.98 Å². The fraction of sp³-hybridized carbons (Fsp3) is 0.562. The first-order valence-electron chi connectivity index (χ1n) is 7.63. The first kappa shape index (κ1) is 13.6. The van der Waals surface area contributed by atoms with Crippen molar-refractivity contribution >= 4 is 5.52 Å². The number of imidazole rings is 1. The summed E-state index contributed by atoms with van der Waals surface area (Å²) >= 11 is 0. The van der Waals surface area contributed by atoms with Gasteiger partial charge >= 0.3 is 0 Å². The monoisotopic (exact) mass is 272 g/mol. The molecule has 0 saturated carbocycles. The summed E-state index contributed by atoms with van der Waals surface area (Å²) in [5.41, 5.74) is 8.14. The lowest BCUT2D eigenvalue weighted by molar-refractivity contribution is 0.106. The molecule has 2 N–H and O–H groups in total. The number of pyridine rings is 1. The second-order valence-electron chi connectivity index (χ2n) is 5.95. The number of hydrogen-bond acceptors (Lipinski definition) is 3. The molecule has 3 heterocycles. The van der Waals surface area contributed by atoms with Crippen molar-refractivity contribution < 1.29 is 0 Å². The van der Waals surface area contributed by atoms with Crippen molar-refractivity contribution in [1.82, 2.24) is 14.3 Å². The van der Waals surface area contributed by atoms with E-state index in [0.29, 0.717) is 18.6 Å². The standard InChI is InChI=1S/C16H24N4/c1-12(2)19-8-4-3-7-14(19)16-18-11-15-13(10-17)6-5-9-20(15)16/h5-6,9,11-12,14H,3-4,7-8,10,17H2,1-2H3. The summed E-state index contributed by atoms with van der Waals surface area (Å²) in [7, 11) is 0. The number of hydrogen-bond donors (Lipinski definition) is 1. The van der Waals surface area contributed by atoms with Crippen LogP contribution in [-0.4, -0.2) is 26.9 Å². The SMILES string of the molecule is CC(C)N1CCCCC1c1ncc2c(CN)cccn12. The highest BCUT2D eigenvalue weighted by Crippen LogP contribution is 2.32. The Morgan fingerprint density at radius 1 is 1.40 bits per heavy atom. The number of nitrogens with two attached hydrogens (primary N) is 1. The average Bonchev–Trinajstić information content (AvgIpc) is 2.90. The van der Waals surface area contributed by atoms with Gasteiger partial charge in [-0.15, -0.1) is 0 Å². The Labute approximate surface area is 120 Å². The highest BCUT2D eigenvalue weighted by Gasteiger charge is 2.28. The molecule has 1 aliphatic heterocycles. The molecule has 0 amide bonds. The van der Waals surface area contributed by atoms with E-state index in [0.717, 1.165) is 11.1 Å². The van der Waals surface area contributed by atoms with Crippen LogP contribution in [0.1, 0.15) is 50.5 Å². The molecule has 0 radical (unpaired) electrons. The van der Waals surface area contributed by atoms with Gasteiger partial charge in [0, 0.05) is 18.8 Å². The molecular formula is C16H24N4. The predicted molar refractivity (Wildman–Crippen MR) is 81.5 cm³/mol. The summed E-state index contributed by atoms with van der Waals surface area (Å²) in [5.74, 6) is 1.17. The van der Waals surface area contributed by atoms with E-state index in [1.54, 1.807) is 0 Å². The van der Waals surface area contributed by atoms with Gasteiger partial charge in [-0.2, -0.15) is 0 Å². The summed E-state index contributed by atoms with van der Waals surface area (Å²) in [6.07, 6.45) is 7.88. The van der Waals surface area contributed by atoms with Gasteiger partial charge in [0.05, 0.1) is 17.8 Å². The summed E-state index contributed by atoms with van der Waals surface area (Å²) in [6, 6.07) is 5.15. The molecular weight excluding hydrogens is 248 g/mol. The molecule has 1 saturated heterocycles. The minimum absolute atomic E-state index is 0.430. The third-order valence-corrected chi connectivity index (χ3v) is 4.41. The number of fused-ring (bicyclic) bond motifs is 1. The van der Waals surface area contributed by atoms with Crippen LogP contribution in [0, 0.1) is 0 Å². The van der Waals surface area contributed by atoms with Crippen molar-refractivity contribution in [3.8, 4) is 0 Å². The average molecular weight is 272 g/mol. The molecule has 1 aliphatic rings. The van der Waals surface area contributed by atoms with Gasteiger partial charge < -0.3 is 10.1 Å². The maximum atomic E-state index is 5.83. The van der Waals surface area contributed by atoms with Crippen molar-refractivity contribution in [3.05, 3.63) is 35.9 Å². The first-order chi connectivity index (χ1) is 9.72.